The SMILES string of the molecule is O=C(NC1CS(=O)(=O)CC1O)c1cc(-c2cccnc2)c(N2CCOCC2)s1. The fraction of sp³-hybridized carbons (Fsp3) is 0.444. The average Bonchev–Trinajstić information content (AvgIpc) is 3.24. The quantitative estimate of drug-likeness (QED) is 0.739. The van der Waals surface area contributed by atoms with Crippen LogP contribution in [0.25, 0.3) is 11.1 Å². The van der Waals surface area contributed by atoms with E-state index in [4.69, 9.17) is 4.74 Å². The Morgan fingerprint density at radius 3 is 2.75 bits per heavy atom. The lowest BCUT2D eigenvalue weighted by Gasteiger charge is -2.28. The van der Waals surface area contributed by atoms with Crippen LogP contribution in [0, 0.1) is 0 Å². The lowest BCUT2D eigenvalue weighted by Crippen LogP contribution is -2.42. The summed E-state index contributed by atoms with van der Waals surface area (Å²) in [7, 11) is -3.33. The van der Waals surface area contributed by atoms with E-state index in [1.165, 1.54) is 11.3 Å². The molecule has 0 aromatic carbocycles. The van der Waals surface area contributed by atoms with E-state index in [0.29, 0.717) is 18.1 Å². The minimum Gasteiger partial charge on any atom is -0.390 e. The molecule has 4 heterocycles. The van der Waals surface area contributed by atoms with Gasteiger partial charge in [0.2, 0.25) is 0 Å². The molecule has 0 aliphatic carbocycles. The summed E-state index contributed by atoms with van der Waals surface area (Å²) < 4.78 is 28.8. The number of rotatable bonds is 4. The first-order valence-corrected chi connectivity index (χ1v) is 11.6. The molecule has 2 fully saturated rings. The molecule has 0 radical (unpaired) electrons. The number of anilines is 1. The molecule has 2 saturated heterocycles. The lowest BCUT2D eigenvalue weighted by molar-refractivity contribution is 0.0893. The maximum atomic E-state index is 12.8. The van der Waals surface area contributed by atoms with Crippen LogP contribution in [0.5, 0.6) is 0 Å². The summed E-state index contributed by atoms with van der Waals surface area (Å²) in [5, 5.41) is 13.6. The number of aliphatic hydroxyl groups is 1. The van der Waals surface area contributed by atoms with Crippen LogP contribution in [-0.2, 0) is 14.6 Å². The number of carbonyl (C=O) groups is 1. The van der Waals surface area contributed by atoms with Gasteiger partial charge in [-0.25, -0.2) is 8.42 Å². The first-order chi connectivity index (χ1) is 13.4. The van der Waals surface area contributed by atoms with Gasteiger partial charge >= 0.3 is 0 Å². The summed E-state index contributed by atoms with van der Waals surface area (Å²) in [5.74, 6) is -0.935. The Bertz CT molecular complexity index is 955. The van der Waals surface area contributed by atoms with E-state index in [-0.39, 0.29) is 17.4 Å². The second-order valence-corrected chi connectivity index (χ2v) is 10.1. The van der Waals surface area contributed by atoms with Gasteiger partial charge in [-0.3, -0.25) is 9.78 Å². The molecule has 2 atom stereocenters. The number of amides is 1. The van der Waals surface area contributed by atoms with Crippen LogP contribution < -0.4 is 10.2 Å². The van der Waals surface area contributed by atoms with E-state index in [2.05, 4.69) is 15.2 Å². The molecule has 0 spiro atoms. The minimum absolute atomic E-state index is 0.239. The highest BCUT2D eigenvalue weighted by Crippen LogP contribution is 2.39. The van der Waals surface area contributed by atoms with Crippen molar-refractivity contribution in [2.75, 3.05) is 42.7 Å². The summed E-state index contributed by atoms with van der Waals surface area (Å²) in [6.45, 7) is 2.71. The van der Waals surface area contributed by atoms with Crippen molar-refractivity contribution in [1.29, 1.82) is 0 Å². The van der Waals surface area contributed by atoms with Gasteiger partial charge in [-0.05, 0) is 12.1 Å². The normalized spacial score (nSPS) is 24.2. The maximum Gasteiger partial charge on any atom is 0.261 e. The Morgan fingerprint density at radius 1 is 1.32 bits per heavy atom. The summed E-state index contributed by atoms with van der Waals surface area (Å²) in [6.07, 6.45) is 2.37. The number of pyridine rings is 1. The number of sulfone groups is 1. The molecule has 2 aliphatic heterocycles. The van der Waals surface area contributed by atoms with Crippen LogP contribution in [-0.4, -0.2) is 74.4 Å². The van der Waals surface area contributed by atoms with E-state index < -0.39 is 22.0 Å². The van der Waals surface area contributed by atoms with Crippen LogP contribution in [0.15, 0.2) is 30.6 Å². The van der Waals surface area contributed by atoms with Crippen LogP contribution in [0.3, 0.4) is 0 Å². The van der Waals surface area contributed by atoms with Gasteiger partial charge in [0.1, 0.15) is 0 Å². The first-order valence-electron chi connectivity index (χ1n) is 8.99. The zero-order chi connectivity index (χ0) is 19.7. The van der Waals surface area contributed by atoms with E-state index in [1.54, 1.807) is 18.5 Å². The number of hydrogen-bond donors (Lipinski definition) is 2. The molecule has 0 bridgehead atoms. The number of nitrogens with zero attached hydrogens (tertiary/aromatic N) is 2. The second kappa shape index (κ2) is 7.78. The minimum atomic E-state index is -3.33. The van der Waals surface area contributed by atoms with Gasteiger partial charge in [0.25, 0.3) is 5.91 Å². The van der Waals surface area contributed by atoms with Gasteiger partial charge < -0.3 is 20.1 Å². The number of hydrogen-bond acceptors (Lipinski definition) is 8. The zero-order valence-electron chi connectivity index (χ0n) is 15.1. The smallest absolute Gasteiger partial charge is 0.261 e. The average molecular weight is 424 g/mol. The number of nitrogens with one attached hydrogen (secondary N) is 1. The molecule has 4 rings (SSSR count). The third-order valence-electron chi connectivity index (χ3n) is 4.85. The van der Waals surface area contributed by atoms with E-state index in [9.17, 15) is 18.3 Å². The molecule has 28 heavy (non-hydrogen) atoms. The Morgan fingerprint density at radius 2 is 2.11 bits per heavy atom. The molecule has 10 heteroatoms. The predicted molar refractivity (Wildman–Crippen MR) is 106 cm³/mol. The summed E-state index contributed by atoms with van der Waals surface area (Å²) in [6, 6.07) is 4.80. The Labute approximate surface area is 167 Å². The number of aliphatic hydroxyl groups excluding tert-OH is 1. The Kier molecular flexibility index (Phi) is 5.37. The number of morpholine rings is 1. The number of aromatic nitrogens is 1. The van der Waals surface area contributed by atoms with Crippen molar-refractivity contribution in [2.24, 2.45) is 0 Å². The van der Waals surface area contributed by atoms with Crippen molar-refractivity contribution < 1.29 is 23.1 Å². The number of ether oxygens (including phenoxy) is 1. The van der Waals surface area contributed by atoms with Gasteiger partial charge in [-0.2, -0.15) is 0 Å². The molecule has 2 unspecified atom stereocenters. The van der Waals surface area contributed by atoms with Gasteiger partial charge in [0.05, 0.1) is 46.7 Å². The molecule has 2 aromatic rings. The standard InChI is InChI=1S/C18H21N3O5S2/c22-15-11-28(24,25)10-14(15)20-17(23)16-8-13(12-2-1-3-19-9-12)18(27-16)21-4-6-26-7-5-21/h1-3,8-9,14-15,22H,4-7,10-11H2,(H,20,23). The van der Waals surface area contributed by atoms with Crippen LogP contribution in [0.1, 0.15) is 9.67 Å². The largest absolute Gasteiger partial charge is 0.390 e. The van der Waals surface area contributed by atoms with E-state index in [1.807, 2.05) is 12.1 Å². The molecule has 8 nitrogen and oxygen atoms in total. The summed E-state index contributed by atoms with van der Waals surface area (Å²) in [4.78, 5) is 19.6. The summed E-state index contributed by atoms with van der Waals surface area (Å²) in [5.41, 5.74) is 1.81. The highest BCUT2D eigenvalue weighted by atomic mass is 32.2. The van der Waals surface area contributed by atoms with Crippen molar-refractivity contribution in [3.63, 3.8) is 0 Å². The van der Waals surface area contributed by atoms with Gasteiger partial charge in [0, 0.05) is 36.6 Å². The van der Waals surface area contributed by atoms with Gasteiger partial charge in [-0.15, -0.1) is 11.3 Å². The molecule has 2 aliphatic rings. The zero-order valence-corrected chi connectivity index (χ0v) is 16.7. The van der Waals surface area contributed by atoms with E-state index >= 15 is 0 Å². The third-order valence-corrected chi connectivity index (χ3v) is 7.76. The molecule has 2 N–H and O–H groups in total. The van der Waals surface area contributed by atoms with Crippen molar-refractivity contribution in [2.45, 2.75) is 12.1 Å². The predicted octanol–water partition coefficient (Wildman–Crippen LogP) is 0.534. The van der Waals surface area contributed by atoms with Crippen LogP contribution >= 0.6 is 11.3 Å². The number of thiophene rings is 1. The van der Waals surface area contributed by atoms with Gasteiger partial charge in [0.15, 0.2) is 9.84 Å². The molecular weight excluding hydrogens is 402 g/mol. The van der Waals surface area contributed by atoms with Crippen molar-refractivity contribution in [1.82, 2.24) is 10.3 Å². The molecule has 150 valence electrons. The fourth-order valence-electron chi connectivity index (χ4n) is 3.43. The third kappa shape index (κ3) is 4.04. The number of carbonyl (C=O) groups excluding carboxylic acids is 1. The second-order valence-electron chi connectivity index (χ2n) is 6.89. The summed E-state index contributed by atoms with van der Waals surface area (Å²) >= 11 is 1.35. The Balaban J connectivity index is 1.62. The Hall–Kier alpha value is -2.01. The monoisotopic (exact) mass is 423 g/mol. The highest BCUT2D eigenvalue weighted by molar-refractivity contribution is 7.91. The van der Waals surface area contributed by atoms with Crippen LogP contribution in [0.2, 0.25) is 0 Å². The van der Waals surface area contributed by atoms with Gasteiger partial charge in [-0.1, -0.05) is 6.07 Å². The molecule has 0 saturated carbocycles. The fourth-order valence-corrected chi connectivity index (χ4v) is 6.31. The topological polar surface area (TPSA) is 109 Å². The van der Waals surface area contributed by atoms with Crippen LogP contribution in [0.4, 0.5) is 5.00 Å². The molecule has 1 amide bonds. The maximum absolute atomic E-state index is 12.8. The lowest BCUT2D eigenvalue weighted by atomic mass is 10.1. The highest BCUT2D eigenvalue weighted by Gasteiger charge is 2.37. The molecule has 2 aromatic heterocycles. The first kappa shape index (κ1) is 19.3. The van der Waals surface area contributed by atoms with Crippen molar-refractivity contribution in [3.8, 4) is 11.1 Å². The van der Waals surface area contributed by atoms with E-state index in [0.717, 1.165) is 29.2 Å². The molecular formula is C18H21N3O5S2. The van der Waals surface area contributed by atoms with Crippen molar-refractivity contribution >= 4 is 32.1 Å². The van der Waals surface area contributed by atoms with Crippen molar-refractivity contribution in [3.05, 3.63) is 35.5 Å².